The van der Waals surface area contributed by atoms with Crippen molar-refractivity contribution < 1.29 is 43.1 Å². The number of likely N-dealkylation sites (N-methyl/N-ethyl adjacent to an activating group) is 1. The highest BCUT2D eigenvalue weighted by Gasteiger charge is 2.47. The van der Waals surface area contributed by atoms with Crippen LogP contribution in [0.2, 0.25) is 0 Å². The monoisotopic (exact) mass is 483 g/mol. The third-order valence-corrected chi connectivity index (χ3v) is 7.14. The Balaban J connectivity index is 1.41. The summed E-state index contributed by atoms with van der Waals surface area (Å²) in [6, 6.07) is 5.62. The minimum absolute atomic E-state index is 0.00371. The van der Waals surface area contributed by atoms with Gasteiger partial charge in [-0.1, -0.05) is 6.07 Å². The second-order valence-electron chi connectivity index (χ2n) is 9.08. The van der Waals surface area contributed by atoms with Crippen LogP contribution in [-0.2, 0) is 27.3 Å². The first-order valence-corrected chi connectivity index (χ1v) is 11.5. The SMILES string of the molecule is COC(=O)CCC(=O)Oc1c2c(cc3c1OCO3)[C@@H]1[C@@H](c3ccc4c(c3CN1C)OCO4)[C@@H](O)C2. The number of hydrogen-bond donors (Lipinski definition) is 1. The molecule has 35 heavy (non-hydrogen) atoms. The van der Waals surface area contributed by atoms with Crippen LogP contribution in [0.25, 0.3) is 0 Å². The molecule has 184 valence electrons. The molecule has 10 heteroatoms. The molecule has 6 rings (SSSR count). The van der Waals surface area contributed by atoms with E-state index >= 15 is 0 Å². The van der Waals surface area contributed by atoms with Crippen molar-refractivity contribution in [1.82, 2.24) is 4.90 Å². The van der Waals surface area contributed by atoms with Crippen LogP contribution in [0.4, 0.5) is 0 Å². The molecule has 0 amide bonds. The molecular weight excluding hydrogens is 458 g/mol. The predicted molar refractivity (Wildman–Crippen MR) is 119 cm³/mol. The molecule has 3 atom stereocenters. The summed E-state index contributed by atoms with van der Waals surface area (Å²) in [6.07, 6.45) is -0.718. The number of carbonyl (C=O) groups excluding carboxylic acids is 2. The molecule has 4 aliphatic rings. The van der Waals surface area contributed by atoms with Crippen LogP contribution in [0, 0.1) is 0 Å². The van der Waals surface area contributed by atoms with Crippen molar-refractivity contribution in [2.45, 2.75) is 43.9 Å². The maximum absolute atomic E-state index is 12.6. The Kier molecular flexibility index (Phi) is 5.23. The summed E-state index contributed by atoms with van der Waals surface area (Å²) in [4.78, 5) is 26.2. The second kappa shape index (κ2) is 8.31. The quantitative estimate of drug-likeness (QED) is 0.513. The van der Waals surface area contributed by atoms with E-state index in [0.717, 1.165) is 22.4 Å². The van der Waals surface area contributed by atoms with Gasteiger partial charge in [-0.2, -0.15) is 0 Å². The van der Waals surface area contributed by atoms with E-state index in [0.29, 0.717) is 29.4 Å². The summed E-state index contributed by atoms with van der Waals surface area (Å²) in [5.41, 5.74) is 3.64. The van der Waals surface area contributed by atoms with E-state index in [2.05, 4.69) is 9.64 Å². The molecule has 10 nitrogen and oxygen atoms in total. The normalized spacial score (nSPS) is 23.2. The number of aliphatic hydroxyl groups excluding tert-OH is 1. The Morgan fingerprint density at radius 2 is 1.74 bits per heavy atom. The molecule has 2 aromatic carbocycles. The molecule has 0 saturated carbocycles. The molecule has 3 heterocycles. The largest absolute Gasteiger partial charge is 0.469 e. The number of hydrogen-bond acceptors (Lipinski definition) is 10. The Labute approximate surface area is 201 Å². The van der Waals surface area contributed by atoms with Crippen LogP contribution in [0.1, 0.15) is 47.1 Å². The lowest BCUT2D eigenvalue weighted by Gasteiger charge is -2.46. The molecule has 1 N–H and O–H groups in total. The number of nitrogens with zero attached hydrogens (tertiary/aromatic N) is 1. The number of rotatable bonds is 4. The number of benzene rings is 2. The zero-order valence-corrected chi connectivity index (χ0v) is 19.4. The summed E-state index contributed by atoms with van der Waals surface area (Å²) >= 11 is 0. The Hall–Kier alpha value is -3.50. The minimum atomic E-state index is -0.748. The molecule has 0 radical (unpaired) electrons. The van der Waals surface area contributed by atoms with E-state index in [9.17, 15) is 14.7 Å². The van der Waals surface area contributed by atoms with Crippen molar-refractivity contribution in [3.8, 4) is 28.7 Å². The zero-order valence-electron chi connectivity index (χ0n) is 19.4. The van der Waals surface area contributed by atoms with Gasteiger partial charge < -0.3 is 33.5 Å². The van der Waals surface area contributed by atoms with Crippen molar-refractivity contribution in [1.29, 1.82) is 0 Å². The van der Waals surface area contributed by atoms with Gasteiger partial charge >= 0.3 is 11.9 Å². The summed E-state index contributed by atoms with van der Waals surface area (Å²) in [5.74, 6) is 1.20. The molecule has 0 spiro atoms. The molecule has 0 fully saturated rings. The fourth-order valence-corrected chi connectivity index (χ4v) is 5.62. The Morgan fingerprint density at radius 3 is 2.54 bits per heavy atom. The Morgan fingerprint density at radius 1 is 1.00 bits per heavy atom. The van der Waals surface area contributed by atoms with Crippen molar-refractivity contribution in [2.24, 2.45) is 0 Å². The number of carbonyl (C=O) groups is 2. The summed E-state index contributed by atoms with van der Waals surface area (Å²) in [6.45, 7) is 0.783. The highest BCUT2D eigenvalue weighted by Crippen LogP contribution is 2.57. The van der Waals surface area contributed by atoms with Gasteiger partial charge in [0.05, 0.1) is 26.1 Å². The van der Waals surface area contributed by atoms with Gasteiger partial charge in [-0.15, -0.1) is 0 Å². The van der Waals surface area contributed by atoms with Gasteiger partial charge in [0.2, 0.25) is 19.3 Å². The van der Waals surface area contributed by atoms with Gasteiger partial charge in [0.15, 0.2) is 23.0 Å². The molecule has 3 aliphatic heterocycles. The fourth-order valence-electron chi connectivity index (χ4n) is 5.62. The first-order valence-electron chi connectivity index (χ1n) is 11.5. The van der Waals surface area contributed by atoms with Crippen LogP contribution in [-0.4, -0.2) is 55.8 Å². The fraction of sp³-hybridized carbons (Fsp3) is 0.440. The highest BCUT2D eigenvalue weighted by molar-refractivity contribution is 5.80. The lowest BCUT2D eigenvalue weighted by atomic mass is 9.70. The van der Waals surface area contributed by atoms with Crippen LogP contribution >= 0.6 is 0 Å². The molecule has 1 aliphatic carbocycles. The van der Waals surface area contributed by atoms with Crippen molar-refractivity contribution >= 4 is 11.9 Å². The number of aliphatic hydroxyl groups is 1. The number of fused-ring (bicyclic) bond motifs is 8. The van der Waals surface area contributed by atoms with E-state index in [4.69, 9.17) is 23.7 Å². The average molecular weight is 483 g/mol. The van der Waals surface area contributed by atoms with Crippen molar-refractivity contribution in [2.75, 3.05) is 27.7 Å². The second-order valence-corrected chi connectivity index (χ2v) is 9.08. The van der Waals surface area contributed by atoms with E-state index in [-0.39, 0.29) is 50.6 Å². The number of methoxy groups -OCH3 is 1. The molecule has 0 bridgehead atoms. The highest BCUT2D eigenvalue weighted by atomic mass is 16.7. The van der Waals surface area contributed by atoms with E-state index < -0.39 is 18.0 Å². The smallest absolute Gasteiger partial charge is 0.311 e. The summed E-state index contributed by atoms with van der Waals surface area (Å²) in [5, 5.41) is 11.4. The lowest BCUT2D eigenvalue weighted by molar-refractivity contribution is -0.144. The maximum atomic E-state index is 12.6. The molecule has 0 aromatic heterocycles. The van der Waals surface area contributed by atoms with Crippen molar-refractivity contribution in [3.05, 3.63) is 40.5 Å². The van der Waals surface area contributed by atoms with Crippen LogP contribution in [0.15, 0.2) is 18.2 Å². The van der Waals surface area contributed by atoms with Gasteiger partial charge in [0.1, 0.15) is 0 Å². The summed E-state index contributed by atoms with van der Waals surface area (Å²) in [7, 11) is 3.26. The van der Waals surface area contributed by atoms with Gasteiger partial charge in [-0.3, -0.25) is 14.5 Å². The molecule has 0 unspecified atom stereocenters. The van der Waals surface area contributed by atoms with Gasteiger partial charge in [0, 0.05) is 36.1 Å². The lowest BCUT2D eigenvalue weighted by Crippen LogP contribution is -2.43. The molecule has 0 saturated heterocycles. The minimum Gasteiger partial charge on any atom is -0.469 e. The third-order valence-electron chi connectivity index (χ3n) is 7.14. The molecular formula is C25H25NO9. The number of ether oxygens (including phenoxy) is 6. The predicted octanol–water partition coefficient (Wildman–Crippen LogP) is 2.19. The summed E-state index contributed by atoms with van der Waals surface area (Å²) < 4.78 is 32.9. The van der Waals surface area contributed by atoms with Crippen LogP contribution < -0.4 is 23.7 Å². The number of esters is 2. The van der Waals surface area contributed by atoms with Gasteiger partial charge in [-0.05, 0) is 30.3 Å². The van der Waals surface area contributed by atoms with Gasteiger partial charge in [-0.25, -0.2) is 0 Å². The zero-order chi connectivity index (χ0) is 24.3. The third kappa shape index (κ3) is 3.47. The maximum Gasteiger partial charge on any atom is 0.311 e. The topological polar surface area (TPSA) is 113 Å². The van der Waals surface area contributed by atoms with Gasteiger partial charge in [0.25, 0.3) is 0 Å². The van der Waals surface area contributed by atoms with Crippen LogP contribution in [0.5, 0.6) is 28.7 Å². The van der Waals surface area contributed by atoms with E-state index in [1.54, 1.807) is 0 Å². The standard InChI is InChI=1S/C25H25NO9/c1-26-9-15-12(3-4-17-23(15)33-10-31-17)21-16(27)7-14-13(22(21)26)8-18-25(34-11-32-18)24(14)35-20(29)6-5-19(28)30-2/h3-4,8,16,21-22,27H,5-7,9-11H2,1-2H3/t16-,21-,22+/m0/s1. The van der Waals surface area contributed by atoms with Crippen molar-refractivity contribution in [3.63, 3.8) is 0 Å². The Bertz CT molecular complexity index is 1230. The molecule has 2 aromatic rings. The average Bonchev–Trinajstić information content (AvgIpc) is 3.52. The van der Waals surface area contributed by atoms with E-state index in [1.807, 2.05) is 25.2 Å². The van der Waals surface area contributed by atoms with E-state index in [1.165, 1.54) is 7.11 Å². The van der Waals surface area contributed by atoms with Crippen LogP contribution in [0.3, 0.4) is 0 Å². The first-order chi connectivity index (χ1) is 17.0. The first kappa shape index (κ1) is 22.0.